The van der Waals surface area contributed by atoms with Crippen molar-refractivity contribution >= 4 is 11.7 Å². The van der Waals surface area contributed by atoms with Gasteiger partial charge in [0.25, 0.3) is 0 Å². The summed E-state index contributed by atoms with van der Waals surface area (Å²) in [5, 5.41) is 2.94. The van der Waals surface area contributed by atoms with Crippen molar-refractivity contribution in [2.75, 3.05) is 19.8 Å². The van der Waals surface area contributed by atoms with Crippen molar-refractivity contribution in [2.24, 2.45) is 5.41 Å². The smallest absolute Gasteiger partial charge is 0.226 e. The quantitative estimate of drug-likeness (QED) is 0.433. The second kappa shape index (κ2) is 13.5. The molecule has 0 bridgehead atoms. The van der Waals surface area contributed by atoms with E-state index in [1.54, 1.807) is 0 Å². The van der Waals surface area contributed by atoms with Crippen molar-refractivity contribution in [3.05, 3.63) is 0 Å². The van der Waals surface area contributed by atoms with Gasteiger partial charge in [0.1, 0.15) is 5.78 Å². The third kappa shape index (κ3) is 7.96. The zero-order valence-electron chi connectivity index (χ0n) is 19.6. The second-order valence-electron chi connectivity index (χ2n) is 9.41. The predicted molar refractivity (Wildman–Crippen MR) is 120 cm³/mol. The molecular weight excluding hydrogens is 378 g/mol. The summed E-state index contributed by atoms with van der Waals surface area (Å²) in [5.41, 5.74) is -0.0967. The van der Waals surface area contributed by atoms with Crippen LogP contribution in [-0.4, -0.2) is 37.2 Å². The van der Waals surface area contributed by atoms with Crippen molar-refractivity contribution in [3.63, 3.8) is 0 Å². The second-order valence-corrected chi connectivity index (χ2v) is 9.41. The Kier molecular flexibility index (Phi) is 11.4. The number of nitrogens with one attached hydrogen (secondary N) is 1. The molecule has 1 N–H and O–H groups in total. The van der Waals surface area contributed by atoms with Crippen molar-refractivity contribution in [2.45, 2.75) is 122 Å². The van der Waals surface area contributed by atoms with Crippen LogP contribution >= 0.6 is 0 Å². The van der Waals surface area contributed by atoms with Gasteiger partial charge in [-0.25, -0.2) is 0 Å². The summed E-state index contributed by atoms with van der Waals surface area (Å²) in [6, 6.07) is 0. The molecule has 3 aliphatic rings. The average Bonchev–Trinajstić information content (AvgIpc) is 3.35. The van der Waals surface area contributed by atoms with Crippen LogP contribution < -0.4 is 5.32 Å². The lowest BCUT2D eigenvalue weighted by molar-refractivity contribution is -0.191. The molecule has 0 aromatic carbocycles. The number of Topliss-reactive ketones (excluding diaryl/α,β-unsaturated/α-hetero) is 1. The Balaban J connectivity index is 0.000000214. The highest BCUT2D eigenvalue weighted by molar-refractivity contribution is 5.84. The van der Waals surface area contributed by atoms with E-state index in [0.717, 1.165) is 64.3 Å². The first-order chi connectivity index (χ1) is 14.6. The SMILES string of the molecule is CCCCCCCCC(=O)CCCCC.O=C1NCCC12CCC1(CC2)OCCO1. The van der Waals surface area contributed by atoms with E-state index in [-0.39, 0.29) is 17.1 Å². The third-order valence-corrected chi connectivity index (χ3v) is 7.02. The number of hydrogen-bond donors (Lipinski definition) is 1. The van der Waals surface area contributed by atoms with Crippen molar-refractivity contribution in [1.82, 2.24) is 5.32 Å². The van der Waals surface area contributed by atoms with E-state index < -0.39 is 0 Å². The molecule has 1 amide bonds. The standard InChI is InChI=1S/C14H28O.C11H17NO3/c1-3-5-7-8-9-11-13-14(15)12-10-6-4-2;13-9-10(5-6-12-9)1-3-11(4-2-10)14-7-8-15-11/h3-13H2,1-2H3;1-8H2,(H,12,13). The monoisotopic (exact) mass is 423 g/mol. The molecule has 30 heavy (non-hydrogen) atoms. The summed E-state index contributed by atoms with van der Waals surface area (Å²) in [6.45, 7) is 6.67. The first-order valence-corrected chi connectivity index (χ1v) is 12.6. The fraction of sp³-hybridized carbons (Fsp3) is 0.920. The van der Waals surface area contributed by atoms with E-state index in [0.29, 0.717) is 19.0 Å². The fourth-order valence-electron chi connectivity index (χ4n) is 4.89. The molecule has 0 atom stereocenters. The average molecular weight is 424 g/mol. The molecule has 0 radical (unpaired) electrons. The largest absolute Gasteiger partial charge is 0.356 e. The Morgan fingerprint density at radius 3 is 1.90 bits per heavy atom. The molecule has 3 fully saturated rings. The maximum Gasteiger partial charge on any atom is 0.226 e. The minimum Gasteiger partial charge on any atom is -0.356 e. The van der Waals surface area contributed by atoms with Gasteiger partial charge < -0.3 is 14.8 Å². The Morgan fingerprint density at radius 2 is 1.33 bits per heavy atom. The van der Waals surface area contributed by atoms with E-state index in [9.17, 15) is 9.59 Å². The molecular formula is C25H45NO4. The highest BCUT2D eigenvalue weighted by Gasteiger charge is 2.51. The van der Waals surface area contributed by atoms with E-state index >= 15 is 0 Å². The maximum absolute atomic E-state index is 11.8. The predicted octanol–water partition coefficient (Wildman–Crippen LogP) is 5.70. The Labute approximate surface area is 184 Å². The summed E-state index contributed by atoms with van der Waals surface area (Å²) in [7, 11) is 0. The fourth-order valence-corrected chi connectivity index (χ4v) is 4.89. The van der Waals surface area contributed by atoms with Gasteiger partial charge in [-0.15, -0.1) is 0 Å². The van der Waals surface area contributed by atoms with Crippen LogP contribution in [0.5, 0.6) is 0 Å². The number of amides is 1. The number of hydrogen-bond acceptors (Lipinski definition) is 4. The zero-order chi connectivity index (χ0) is 21.7. The van der Waals surface area contributed by atoms with Gasteiger partial charge in [0.15, 0.2) is 5.79 Å². The Hall–Kier alpha value is -0.940. The van der Waals surface area contributed by atoms with Gasteiger partial charge in [-0.1, -0.05) is 58.8 Å². The third-order valence-electron chi connectivity index (χ3n) is 7.02. The van der Waals surface area contributed by atoms with Crippen LogP contribution in [0.25, 0.3) is 0 Å². The molecule has 2 aliphatic heterocycles. The molecule has 0 aromatic rings. The lowest BCUT2D eigenvalue weighted by atomic mass is 9.71. The van der Waals surface area contributed by atoms with E-state index in [1.807, 2.05) is 0 Å². The van der Waals surface area contributed by atoms with Gasteiger partial charge in [0.05, 0.1) is 18.6 Å². The summed E-state index contributed by atoms with van der Waals surface area (Å²) in [5.74, 6) is 0.392. The van der Waals surface area contributed by atoms with Crippen LogP contribution in [0.15, 0.2) is 0 Å². The number of rotatable bonds is 11. The first-order valence-electron chi connectivity index (χ1n) is 12.6. The minimum atomic E-state index is -0.339. The van der Waals surface area contributed by atoms with Crippen molar-refractivity contribution in [1.29, 1.82) is 0 Å². The molecule has 2 heterocycles. The van der Waals surface area contributed by atoms with Gasteiger partial charge in [-0.05, 0) is 32.1 Å². The van der Waals surface area contributed by atoms with E-state index in [4.69, 9.17) is 9.47 Å². The van der Waals surface area contributed by atoms with Gasteiger partial charge >= 0.3 is 0 Å². The molecule has 5 heteroatoms. The molecule has 0 aromatic heterocycles. The highest BCUT2D eigenvalue weighted by Crippen LogP contribution is 2.48. The molecule has 2 saturated heterocycles. The molecule has 3 rings (SSSR count). The van der Waals surface area contributed by atoms with Gasteiger partial charge in [-0.2, -0.15) is 0 Å². The normalized spacial score (nSPS) is 21.5. The molecule has 2 spiro atoms. The zero-order valence-corrected chi connectivity index (χ0v) is 19.6. The molecule has 1 saturated carbocycles. The van der Waals surface area contributed by atoms with Crippen LogP contribution in [0.1, 0.15) is 117 Å². The maximum atomic E-state index is 11.8. The van der Waals surface area contributed by atoms with Crippen LogP contribution in [0, 0.1) is 5.41 Å². The number of ketones is 1. The summed E-state index contributed by atoms with van der Waals surface area (Å²) in [4.78, 5) is 23.2. The summed E-state index contributed by atoms with van der Waals surface area (Å²) < 4.78 is 11.3. The van der Waals surface area contributed by atoms with Crippen LogP contribution in [0.4, 0.5) is 0 Å². The number of ether oxygens (including phenoxy) is 2. The summed E-state index contributed by atoms with van der Waals surface area (Å²) in [6.07, 6.45) is 17.4. The topological polar surface area (TPSA) is 64.6 Å². The number of carbonyl (C=O) groups excluding carboxylic acids is 2. The van der Waals surface area contributed by atoms with E-state index in [1.165, 1.54) is 44.9 Å². The Morgan fingerprint density at radius 1 is 0.800 bits per heavy atom. The number of unbranched alkanes of at least 4 members (excludes halogenated alkanes) is 7. The van der Waals surface area contributed by atoms with Crippen molar-refractivity contribution < 1.29 is 19.1 Å². The molecule has 1 aliphatic carbocycles. The molecule has 5 nitrogen and oxygen atoms in total. The lowest BCUT2D eigenvalue weighted by Gasteiger charge is -2.39. The number of carbonyl (C=O) groups is 2. The molecule has 174 valence electrons. The van der Waals surface area contributed by atoms with Gasteiger partial charge in [0.2, 0.25) is 5.91 Å². The van der Waals surface area contributed by atoms with Gasteiger partial charge in [0, 0.05) is 32.2 Å². The lowest BCUT2D eigenvalue weighted by Crippen LogP contribution is -2.43. The highest BCUT2D eigenvalue weighted by atomic mass is 16.7. The van der Waals surface area contributed by atoms with Gasteiger partial charge in [-0.3, -0.25) is 9.59 Å². The van der Waals surface area contributed by atoms with Crippen molar-refractivity contribution in [3.8, 4) is 0 Å². The van der Waals surface area contributed by atoms with Crippen LogP contribution in [0.3, 0.4) is 0 Å². The molecule has 0 unspecified atom stereocenters. The first kappa shape index (κ1) is 25.3. The minimum absolute atomic E-state index is 0.0967. The van der Waals surface area contributed by atoms with Crippen LogP contribution in [-0.2, 0) is 19.1 Å². The van der Waals surface area contributed by atoms with E-state index in [2.05, 4.69) is 19.2 Å². The Bertz CT molecular complexity index is 503. The summed E-state index contributed by atoms with van der Waals surface area (Å²) >= 11 is 0. The van der Waals surface area contributed by atoms with Crippen LogP contribution in [0.2, 0.25) is 0 Å².